The van der Waals surface area contributed by atoms with Crippen molar-refractivity contribution in [2.75, 3.05) is 6.61 Å². The van der Waals surface area contributed by atoms with Crippen LogP contribution in [-0.2, 0) is 28.5 Å². The number of nitrogens with zero attached hydrogens (tertiary/aromatic N) is 2. The lowest BCUT2D eigenvalue weighted by Crippen LogP contribution is -2.55. The van der Waals surface area contributed by atoms with E-state index >= 15 is 0 Å². The topological polar surface area (TPSA) is 121 Å². The fourth-order valence-electron chi connectivity index (χ4n) is 6.09. The van der Waals surface area contributed by atoms with E-state index in [9.17, 15) is 19.2 Å². The molecule has 0 spiro atoms. The monoisotopic (exact) mass is 538 g/mol. The van der Waals surface area contributed by atoms with Gasteiger partial charge in [0.05, 0.1) is 12.1 Å². The zero-order valence-electron chi connectivity index (χ0n) is 23.6. The summed E-state index contributed by atoms with van der Waals surface area (Å²) < 4.78 is 28.2. The molecule has 0 aromatic rings. The molecule has 11 heteroatoms. The Labute approximate surface area is 224 Å². The molecule has 3 aliphatic heterocycles. The Morgan fingerprint density at radius 3 is 2.32 bits per heavy atom. The Bertz CT molecular complexity index is 937. The summed E-state index contributed by atoms with van der Waals surface area (Å²) in [4.78, 5) is 54.6. The summed E-state index contributed by atoms with van der Waals surface area (Å²) >= 11 is 0. The molecule has 3 saturated heterocycles. The quantitative estimate of drug-likeness (QED) is 0.365. The third kappa shape index (κ3) is 5.72. The van der Waals surface area contributed by atoms with E-state index in [1.165, 1.54) is 6.42 Å². The average Bonchev–Trinajstić information content (AvgIpc) is 3.45. The Morgan fingerprint density at radius 1 is 1.05 bits per heavy atom. The van der Waals surface area contributed by atoms with Crippen LogP contribution in [0.1, 0.15) is 87.0 Å². The molecule has 214 valence electrons. The van der Waals surface area contributed by atoms with Crippen LogP contribution >= 0.6 is 0 Å². The highest BCUT2D eigenvalue weighted by Crippen LogP contribution is 2.43. The Balaban J connectivity index is 1.66. The maximum atomic E-state index is 13.7. The number of carbonyl (C=O) groups is 4. The van der Waals surface area contributed by atoms with Gasteiger partial charge in [-0.2, -0.15) is 0 Å². The van der Waals surface area contributed by atoms with Gasteiger partial charge in [0.2, 0.25) is 6.10 Å². The van der Waals surface area contributed by atoms with Gasteiger partial charge in [0.15, 0.2) is 6.10 Å². The molecule has 4 aliphatic rings. The van der Waals surface area contributed by atoms with Crippen LogP contribution in [0.4, 0.5) is 14.4 Å². The summed E-state index contributed by atoms with van der Waals surface area (Å²) in [6.45, 7) is 12.7. The van der Waals surface area contributed by atoms with E-state index in [0.717, 1.165) is 30.6 Å². The number of ether oxygens (including phenoxy) is 5. The fraction of sp³-hybridized carbons (Fsp3) is 0.852. The molecule has 4 rings (SSSR count). The minimum Gasteiger partial charge on any atom is -0.447 e. The SMILES string of the molecule is CC(C)[C@H]1COC(=O)N1C(=O)[C@H]1OC(=O)O[C@H]1[C@@H]1OC(C)(C)N(C(=O)OC(C)(C)C)[C@H]1CC1CCCCC1. The second-order valence-corrected chi connectivity index (χ2v) is 12.7. The van der Waals surface area contributed by atoms with E-state index < -0.39 is 66.0 Å². The van der Waals surface area contributed by atoms with E-state index in [0.29, 0.717) is 12.3 Å². The molecule has 38 heavy (non-hydrogen) atoms. The molecule has 1 aliphatic carbocycles. The first-order valence-electron chi connectivity index (χ1n) is 13.8. The largest absolute Gasteiger partial charge is 0.509 e. The predicted molar refractivity (Wildman–Crippen MR) is 134 cm³/mol. The molecular weight excluding hydrogens is 496 g/mol. The Kier molecular flexibility index (Phi) is 7.89. The number of carbonyl (C=O) groups excluding carboxylic acids is 4. The lowest BCUT2D eigenvalue weighted by atomic mass is 9.82. The van der Waals surface area contributed by atoms with Gasteiger partial charge < -0.3 is 23.7 Å². The van der Waals surface area contributed by atoms with Crippen LogP contribution in [0.3, 0.4) is 0 Å². The van der Waals surface area contributed by atoms with Crippen molar-refractivity contribution < 1.29 is 42.9 Å². The van der Waals surface area contributed by atoms with E-state index in [1.54, 1.807) is 39.5 Å². The maximum Gasteiger partial charge on any atom is 0.509 e. The first kappa shape index (κ1) is 28.4. The number of amides is 3. The molecule has 11 nitrogen and oxygen atoms in total. The third-order valence-corrected chi connectivity index (χ3v) is 7.84. The molecule has 3 heterocycles. The van der Waals surface area contributed by atoms with Crippen molar-refractivity contribution >= 4 is 24.2 Å². The summed E-state index contributed by atoms with van der Waals surface area (Å²) in [5, 5.41) is 0. The zero-order valence-corrected chi connectivity index (χ0v) is 23.6. The van der Waals surface area contributed by atoms with Gasteiger partial charge in [-0.3, -0.25) is 9.69 Å². The summed E-state index contributed by atoms with van der Waals surface area (Å²) in [6.07, 6.45) is 0.253. The Hall–Kier alpha value is -2.56. The molecule has 0 unspecified atom stereocenters. The molecular formula is C27H42N2O9. The van der Waals surface area contributed by atoms with Gasteiger partial charge in [0, 0.05) is 0 Å². The highest BCUT2D eigenvalue weighted by molar-refractivity contribution is 5.97. The normalized spacial score (nSPS) is 31.8. The molecule has 4 fully saturated rings. The van der Waals surface area contributed by atoms with Crippen molar-refractivity contribution in [2.24, 2.45) is 11.8 Å². The highest BCUT2D eigenvalue weighted by atomic mass is 16.8. The molecule has 0 aromatic heterocycles. The first-order valence-corrected chi connectivity index (χ1v) is 13.8. The smallest absolute Gasteiger partial charge is 0.447 e. The minimum absolute atomic E-state index is 0.0646. The van der Waals surface area contributed by atoms with Gasteiger partial charge in [-0.25, -0.2) is 19.3 Å². The summed E-state index contributed by atoms with van der Waals surface area (Å²) in [6, 6.07) is -1.03. The van der Waals surface area contributed by atoms with E-state index in [-0.39, 0.29) is 12.5 Å². The van der Waals surface area contributed by atoms with E-state index in [1.807, 2.05) is 13.8 Å². The number of hydrogen-bond acceptors (Lipinski definition) is 9. The predicted octanol–water partition coefficient (Wildman–Crippen LogP) is 4.60. The maximum absolute atomic E-state index is 13.7. The third-order valence-electron chi connectivity index (χ3n) is 7.84. The molecule has 3 amide bonds. The molecule has 0 aromatic carbocycles. The van der Waals surface area contributed by atoms with Gasteiger partial charge in [0.1, 0.15) is 24.0 Å². The summed E-state index contributed by atoms with van der Waals surface area (Å²) in [5.74, 6) is -0.439. The van der Waals surface area contributed by atoms with E-state index in [2.05, 4.69) is 0 Å². The molecule has 0 N–H and O–H groups in total. The molecule has 0 bridgehead atoms. The van der Waals surface area contributed by atoms with Gasteiger partial charge in [-0.1, -0.05) is 46.0 Å². The summed E-state index contributed by atoms with van der Waals surface area (Å²) in [7, 11) is 0. The van der Waals surface area contributed by atoms with Crippen molar-refractivity contribution in [3.63, 3.8) is 0 Å². The highest BCUT2D eigenvalue weighted by Gasteiger charge is 2.61. The van der Waals surface area contributed by atoms with Gasteiger partial charge in [-0.05, 0) is 52.9 Å². The number of hydrogen-bond donors (Lipinski definition) is 0. The zero-order chi connectivity index (χ0) is 28.0. The first-order chi connectivity index (χ1) is 17.7. The van der Waals surface area contributed by atoms with Crippen LogP contribution in [0, 0.1) is 11.8 Å². The van der Waals surface area contributed by atoms with Crippen molar-refractivity contribution in [1.29, 1.82) is 0 Å². The second kappa shape index (κ2) is 10.5. The Morgan fingerprint density at radius 2 is 1.71 bits per heavy atom. The lowest BCUT2D eigenvalue weighted by Gasteiger charge is -2.37. The molecule has 1 saturated carbocycles. The van der Waals surface area contributed by atoms with Gasteiger partial charge in [-0.15, -0.1) is 0 Å². The minimum atomic E-state index is -1.41. The average molecular weight is 539 g/mol. The van der Waals surface area contributed by atoms with Gasteiger partial charge >= 0.3 is 18.3 Å². The van der Waals surface area contributed by atoms with Crippen molar-refractivity contribution in [3.8, 4) is 0 Å². The van der Waals surface area contributed by atoms with E-state index in [4.69, 9.17) is 23.7 Å². The van der Waals surface area contributed by atoms with Crippen LogP contribution in [0.2, 0.25) is 0 Å². The van der Waals surface area contributed by atoms with Gasteiger partial charge in [0.25, 0.3) is 5.91 Å². The van der Waals surface area contributed by atoms with Crippen LogP contribution in [0.5, 0.6) is 0 Å². The van der Waals surface area contributed by atoms with Crippen molar-refractivity contribution in [2.45, 2.75) is 129 Å². The lowest BCUT2D eigenvalue weighted by molar-refractivity contribution is -0.144. The standard InChI is InChI=1S/C27H42N2O9/c1-15(2)18-14-34-23(31)28(18)22(30)21-20(35-25(33)36-21)19-17(13-16-11-9-8-10-12-16)29(27(6,7)37-19)24(32)38-26(3,4)5/h15-21H,8-14H2,1-7H3/t17-,18+,19+,20-,21-/m0/s1. The fourth-order valence-corrected chi connectivity index (χ4v) is 6.09. The van der Waals surface area contributed by atoms with Crippen LogP contribution in [0.25, 0.3) is 0 Å². The van der Waals surface area contributed by atoms with Crippen molar-refractivity contribution in [1.82, 2.24) is 9.80 Å². The summed E-state index contributed by atoms with van der Waals surface area (Å²) in [5.41, 5.74) is -1.84. The molecule has 0 radical (unpaired) electrons. The number of imide groups is 1. The second-order valence-electron chi connectivity index (χ2n) is 12.7. The van der Waals surface area contributed by atoms with Crippen molar-refractivity contribution in [3.05, 3.63) is 0 Å². The number of rotatable bonds is 5. The van der Waals surface area contributed by atoms with Crippen LogP contribution < -0.4 is 0 Å². The molecule has 5 atom stereocenters. The number of cyclic esters (lactones) is 3. The van der Waals surface area contributed by atoms with Crippen LogP contribution in [-0.4, -0.2) is 82.4 Å². The van der Waals surface area contributed by atoms with Crippen LogP contribution in [0.15, 0.2) is 0 Å².